The van der Waals surface area contributed by atoms with Gasteiger partial charge in [-0.05, 0) is 25.1 Å². The highest BCUT2D eigenvalue weighted by molar-refractivity contribution is 6.42. The van der Waals surface area contributed by atoms with E-state index in [1.165, 1.54) is 25.1 Å². The highest BCUT2D eigenvalue weighted by Crippen LogP contribution is 2.33. The number of amides is 1. The minimum absolute atomic E-state index is 0.0110. The van der Waals surface area contributed by atoms with Gasteiger partial charge in [-0.25, -0.2) is 8.78 Å². The average molecular weight is 323 g/mol. The zero-order chi connectivity index (χ0) is 15.1. The molecule has 1 N–H and O–H groups in total. The van der Waals surface area contributed by atoms with Gasteiger partial charge in [0.15, 0.2) is 0 Å². The molecule has 1 aliphatic rings. The molecule has 0 saturated heterocycles. The Hall–Kier alpha value is -1.24. The number of aliphatic hydroxyl groups is 1. The third-order valence-electron chi connectivity index (χ3n) is 2.86. The number of rotatable bonds is 2. The van der Waals surface area contributed by atoms with Gasteiger partial charge < -0.3 is 5.11 Å². The number of hydrazone groups is 1. The summed E-state index contributed by atoms with van der Waals surface area (Å²) in [5.74, 6) is -0.872. The van der Waals surface area contributed by atoms with Gasteiger partial charge in [0.1, 0.15) is 0 Å². The van der Waals surface area contributed by atoms with Crippen LogP contribution in [0.1, 0.15) is 23.7 Å². The standard InChI is InChI=1S/C12H10Cl2F2N2O2/c1-6-5-12(20,11(15)16)18(17-6)10(19)7-2-3-8(13)9(14)4-7/h2-4,11,20H,5H2,1H3/t12-/m0/s1. The van der Waals surface area contributed by atoms with Crippen molar-refractivity contribution in [3.8, 4) is 0 Å². The molecule has 0 fully saturated rings. The predicted octanol–water partition coefficient (Wildman–Crippen LogP) is 3.17. The van der Waals surface area contributed by atoms with Gasteiger partial charge in [-0.15, -0.1) is 0 Å². The van der Waals surface area contributed by atoms with Gasteiger partial charge in [-0.1, -0.05) is 23.2 Å². The maximum Gasteiger partial charge on any atom is 0.287 e. The Kier molecular flexibility index (Phi) is 4.00. The fraction of sp³-hybridized carbons (Fsp3) is 0.333. The Labute approximate surface area is 123 Å². The molecule has 2 rings (SSSR count). The monoisotopic (exact) mass is 322 g/mol. The summed E-state index contributed by atoms with van der Waals surface area (Å²) in [5.41, 5.74) is -2.38. The van der Waals surface area contributed by atoms with E-state index in [9.17, 15) is 18.7 Å². The van der Waals surface area contributed by atoms with E-state index in [0.29, 0.717) is 5.01 Å². The number of hydrogen-bond acceptors (Lipinski definition) is 3. The van der Waals surface area contributed by atoms with E-state index in [1.807, 2.05) is 0 Å². The maximum atomic E-state index is 13.0. The van der Waals surface area contributed by atoms with Crippen LogP contribution in [0.15, 0.2) is 23.3 Å². The van der Waals surface area contributed by atoms with Gasteiger partial charge >= 0.3 is 0 Å². The molecule has 0 saturated carbocycles. The van der Waals surface area contributed by atoms with Crippen LogP contribution in [-0.2, 0) is 0 Å². The minimum Gasteiger partial charge on any atom is -0.364 e. The highest BCUT2D eigenvalue weighted by Gasteiger charge is 2.51. The molecule has 0 bridgehead atoms. The van der Waals surface area contributed by atoms with E-state index >= 15 is 0 Å². The average Bonchev–Trinajstić information content (AvgIpc) is 2.68. The summed E-state index contributed by atoms with van der Waals surface area (Å²) in [5, 5.41) is 14.4. The van der Waals surface area contributed by atoms with Crippen LogP contribution in [0, 0.1) is 0 Å². The predicted molar refractivity (Wildman–Crippen MR) is 71.3 cm³/mol. The van der Waals surface area contributed by atoms with Crippen LogP contribution in [0.5, 0.6) is 0 Å². The number of alkyl halides is 2. The molecule has 0 spiro atoms. The fourth-order valence-corrected chi connectivity index (χ4v) is 2.18. The largest absolute Gasteiger partial charge is 0.364 e. The van der Waals surface area contributed by atoms with Crippen molar-refractivity contribution in [1.29, 1.82) is 0 Å². The second-order valence-corrected chi connectivity index (χ2v) is 5.25. The summed E-state index contributed by atoms with van der Waals surface area (Å²) in [6.45, 7) is 1.45. The van der Waals surface area contributed by atoms with Crippen LogP contribution in [0.2, 0.25) is 10.0 Å². The minimum atomic E-state index is -3.14. The van der Waals surface area contributed by atoms with Gasteiger partial charge in [0.2, 0.25) is 5.72 Å². The number of hydrogen-bond donors (Lipinski definition) is 1. The Bertz CT molecular complexity index is 595. The van der Waals surface area contributed by atoms with Crippen LogP contribution in [-0.4, -0.2) is 33.9 Å². The third kappa shape index (κ3) is 2.51. The molecule has 8 heteroatoms. The molecule has 0 radical (unpaired) electrons. The summed E-state index contributed by atoms with van der Waals surface area (Å²) >= 11 is 11.5. The zero-order valence-corrected chi connectivity index (χ0v) is 11.8. The molecule has 20 heavy (non-hydrogen) atoms. The van der Waals surface area contributed by atoms with E-state index in [2.05, 4.69) is 5.10 Å². The summed E-state index contributed by atoms with van der Waals surface area (Å²) in [7, 11) is 0. The van der Waals surface area contributed by atoms with Gasteiger partial charge in [0.05, 0.1) is 10.0 Å². The molecule has 1 amide bonds. The normalized spacial score (nSPS) is 22.4. The van der Waals surface area contributed by atoms with Gasteiger partial charge in [-0.3, -0.25) is 4.79 Å². The molecule has 0 aliphatic carbocycles. The Morgan fingerprint density at radius 2 is 2.10 bits per heavy atom. The summed E-state index contributed by atoms with van der Waals surface area (Å²) in [6.07, 6.45) is -3.55. The molecule has 1 heterocycles. The lowest BCUT2D eigenvalue weighted by molar-refractivity contribution is -0.164. The molecule has 0 unspecified atom stereocenters. The molecule has 1 atom stereocenters. The van der Waals surface area contributed by atoms with E-state index in [4.69, 9.17) is 23.2 Å². The van der Waals surface area contributed by atoms with Crippen LogP contribution < -0.4 is 0 Å². The quantitative estimate of drug-likeness (QED) is 0.909. The molecule has 1 aromatic carbocycles. The van der Waals surface area contributed by atoms with Crippen LogP contribution in [0.3, 0.4) is 0 Å². The van der Waals surface area contributed by atoms with Crippen molar-refractivity contribution in [3.63, 3.8) is 0 Å². The van der Waals surface area contributed by atoms with Gasteiger partial charge in [0, 0.05) is 17.7 Å². The smallest absolute Gasteiger partial charge is 0.287 e. The number of halogens is 4. The molecule has 4 nitrogen and oxygen atoms in total. The van der Waals surface area contributed by atoms with E-state index < -0.39 is 24.5 Å². The number of carbonyl (C=O) groups is 1. The second-order valence-electron chi connectivity index (χ2n) is 4.44. The van der Waals surface area contributed by atoms with Crippen molar-refractivity contribution in [3.05, 3.63) is 33.8 Å². The summed E-state index contributed by atoms with van der Waals surface area (Å²) in [4.78, 5) is 12.2. The summed E-state index contributed by atoms with van der Waals surface area (Å²) in [6, 6.07) is 3.93. The highest BCUT2D eigenvalue weighted by atomic mass is 35.5. The Morgan fingerprint density at radius 3 is 2.65 bits per heavy atom. The summed E-state index contributed by atoms with van der Waals surface area (Å²) < 4.78 is 26.0. The second kappa shape index (κ2) is 5.27. The first-order valence-electron chi connectivity index (χ1n) is 5.60. The molecule has 108 valence electrons. The molecule has 1 aliphatic heterocycles. The SMILES string of the molecule is CC1=NN(C(=O)c2ccc(Cl)c(Cl)c2)[C@@](O)(C(F)F)C1. The Morgan fingerprint density at radius 1 is 1.45 bits per heavy atom. The van der Waals surface area contributed by atoms with E-state index in [-0.39, 0.29) is 21.3 Å². The van der Waals surface area contributed by atoms with Crippen molar-refractivity contribution in [2.75, 3.05) is 0 Å². The van der Waals surface area contributed by atoms with Crippen molar-refractivity contribution in [1.82, 2.24) is 5.01 Å². The lowest BCUT2D eigenvalue weighted by Gasteiger charge is -2.30. The van der Waals surface area contributed by atoms with Crippen molar-refractivity contribution in [2.45, 2.75) is 25.5 Å². The van der Waals surface area contributed by atoms with Crippen LogP contribution >= 0.6 is 23.2 Å². The molecule has 1 aromatic rings. The fourth-order valence-electron chi connectivity index (χ4n) is 1.89. The first kappa shape index (κ1) is 15.2. The number of nitrogens with zero attached hydrogens (tertiary/aromatic N) is 2. The zero-order valence-electron chi connectivity index (χ0n) is 10.3. The third-order valence-corrected chi connectivity index (χ3v) is 3.60. The number of carbonyl (C=O) groups excluding carboxylic acids is 1. The lowest BCUT2D eigenvalue weighted by Crippen LogP contribution is -2.51. The topological polar surface area (TPSA) is 52.9 Å². The van der Waals surface area contributed by atoms with Crippen molar-refractivity contribution in [2.24, 2.45) is 5.10 Å². The lowest BCUT2D eigenvalue weighted by atomic mass is 10.1. The first-order chi connectivity index (χ1) is 9.25. The molecular formula is C12H10Cl2F2N2O2. The number of benzene rings is 1. The first-order valence-corrected chi connectivity index (χ1v) is 6.35. The van der Waals surface area contributed by atoms with Crippen molar-refractivity contribution < 1.29 is 18.7 Å². The van der Waals surface area contributed by atoms with Gasteiger partial charge in [0.25, 0.3) is 12.3 Å². The molecular weight excluding hydrogens is 313 g/mol. The maximum absolute atomic E-state index is 13.0. The van der Waals surface area contributed by atoms with E-state index in [1.54, 1.807) is 0 Å². The Balaban J connectivity index is 2.38. The van der Waals surface area contributed by atoms with Crippen LogP contribution in [0.25, 0.3) is 0 Å². The molecule has 0 aromatic heterocycles. The van der Waals surface area contributed by atoms with E-state index in [0.717, 1.165) is 0 Å². The van der Waals surface area contributed by atoms with Gasteiger partial charge in [-0.2, -0.15) is 10.1 Å². The van der Waals surface area contributed by atoms with Crippen LogP contribution in [0.4, 0.5) is 8.78 Å². The van der Waals surface area contributed by atoms with Crippen molar-refractivity contribution >= 4 is 34.8 Å².